The van der Waals surface area contributed by atoms with E-state index in [0.29, 0.717) is 29.3 Å². The lowest BCUT2D eigenvalue weighted by atomic mass is 9.94. The van der Waals surface area contributed by atoms with Crippen molar-refractivity contribution in [1.29, 1.82) is 0 Å². The molecule has 7 nitrogen and oxygen atoms in total. The van der Waals surface area contributed by atoms with E-state index in [2.05, 4.69) is 15.7 Å². The van der Waals surface area contributed by atoms with Crippen molar-refractivity contribution < 1.29 is 35.9 Å². The molecule has 0 radical (unpaired) electrons. The van der Waals surface area contributed by atoms with Crippen molar-refractivity contribution in [2.24, 2.45) is 17.6 Å². The highest BCUT2D eigenvalue weighted by Gasteiger charge is 2.58. The van der Waals surface area contributed by atoms with Gasteiger partial charge in [0.2, 0.25) is 5.91 Å². The number of carbonyl (C=O) groups excluding carboxylic acids is 2. The molecule has 13 heteroatoms. The highest BCUT2D eigenvalue weighted by atomic mass is 19.4. The first-order valence-corrected chi connectivity index (χ1v) is 13.5. The predicted molar refractivity (Wildman–Crippen MR) is 142 cm³/mol. The topological polar surface area (TPSA) is 100 Å². The Morgan fingerprint density at radius 1 is 1.09 bits per heavy atom. The quantitative estimate of drug-likeness (QED) is 0.325. The molecule has 3 aromatic rings. The van der Waals surface area contributed by atoms with Crippen LogP contribution in [0.2, 0.25) is 0 Å². The molecule has 1 aliphatic heterocycles. The van der Waals surface area contributed by atoms with Gasteiger partial charge in [-0.15, -0.1) is 0 Å². The van der Waals surface area contributed by atoms with E-state index >= 15 is 0 Å². The zero-order valence-corrected chi connectivity index (χ0v) is 22.4. The second-order valence-electron chi connectivity index (χ2n) is 11.0. The predicted octanol–water partition coefficient (Wildman–Crippen LogP) is 4.71. The molecule has 4 atom stereocenters. The van der Waals surface area contributed by atoms with Crippen LogP contribution in [0.3, 0.4) is 0 Å². The Morgan fingerprint density at radius 2 is 1.84 bits per heavy atom. The third kappa shape index (κ3) is 5.68. The van der Waals surface area contributed by atoms with Gasteiger partial charge in [0.15, 0.2) is 0 Å². The average molecular weight is 602 g/mol. The van der Waals surface area contributed by atoms with Gasteiger partial charge < -0.3 is 16.1 Å². The number of nitrogens with zero attached hydrogens (tertiary/aromatic N) is 2. The van der Waals surface area contributed by atoms with Gasteiger partial charge in [-0.2, -0.15) is 13.2 Å². The Kier molecular flexibility index (Phi) is 7.15. The van der Waals surface area contributed by atoms with Gasteiger partial charge in [-0.05, 0) is 72.2 Å². The van der Waals surface area contributed by atoms with Crippen LogP contribution >= 0.6 is 0 Å². The molecule has 0 saturated heterocycles. The van der Waals surface area contributed by atoms with E-state index < -0.39 is 54.1 Å². The summed E-state index contributed by atoms with van der Waals surface area (Å²) < 4.78 is 83.6. The molecule has 4 N–H and O–H groups in total. The van der Waals surface area contributed by atoms with Crippen molar-refractivity contribution >= 4 is 11.8 Å². The fourth-order valence-electron chi connectivity index (χ4n) is 6.16. The van der Waals surface area contributed by atoms with Gasteiger partial charge in [-0.25, -0.2) is 18.6 Å². The molecular formula is C30H25F6N5O2. The lowest BCUT2D eigenvalue weighted by molar-refractivity contribution is -0.153. The van der Waals surface area contributed by atoms with Crippen molar-refractivity contribution in [3.63, 3.8) is 0 Å². The Hall–Kier alpha value is -4.39. The molecule has 1 unspecified atom stereocenters. The van der Waals surface area contributed by atoms with E-state index in [-0.39, 0.29) is 40.7 Å². The van der Waals surface area contributed by atoms with Crippen LogP contribution in [0.5, 0.6) is 0 Å². The molecule has 43 heavy (non-hydrogen) atoms. The number of benzene rings is 2. The summed E-state index contributed by atoms with van der Waals surface area (Å²) in [5, 5.41) is 4.02. The number of allylic oxidation sites excluding steroid dienone is 1. The SMILES string of the molecule is NC(=O)c1cc(-c2cccnc2[C@H](Cc2cc(F)cc(F)c2)NC(=O)CN2NC(C(F)(F)F)C3=C2[C@H]2C[C@H]2C3)ccc1F. The molecule has 1 aromatic heterocycles. The number of hydrogen-bond donors (Lipinski definition) is 3. The van der Waals surface area contributed by atoms with Crippen molar-refractivity contribution in [3.05, 3.63) is 100 Å². The number of nitrogens with one attached hydrogen (secondary N) is 2. The summed E-state index contributed by atoms with van der Waals surface area (Å²) in [5.74, 6) is -4.07. The maximum absolute atomic E-state index is 14.2. The normalized spacial score (nSPS) is 21.4. The molecule has 2 heterocycles. The van der Waals surface area contributed by atoms with Gasteiger partial charge in [0.05, 0.1) is 17.3 Å². The van der Waals surface area contributed by atoms with Crippen molar-refractivity contribution in [3.8, 4) is 11.1 Å². The molecule has 3 aliphatic rings. The van der Waals surface area contributed by atoms with Gasteiger partial charge in [-0.3, -0.25) is 14.6 Å². The molecule has 1 saturated carbocycles. The van der Waals surface area contributed by atoms with E-state index in [1.165, 1.54) is 23.3 Å². The summed E-state index contributed by atoms with van der Waals surface area (Å²) in [5.41, 5.74) is 9.21. The number of carbonyl (C=O) groups is 2. The second kappa shape index (κ2) is 10.7. The largest absolute Gasteiger partial charge is 0.409 e. The summed E-state index contributed by atoms with van der Waals surface area (Å²) >= 11 is 0. The molecule has 0 bridgehead atoms. The zero-order valence-electron chi connectivity index (χ0n) is 22.4. The van der Waals surface area contributed by atoms with Crippen LogP contribution in [0.1, 0.15) is 40.5 Å². The summed E-state index contributed by atoms with van der Waals surface area (Å²) in [4.78, 5) is 29.6. The number of hydrogen-bond acceptors (Lipinski definition) is 5. The van der Waals surface area contributed by atoms with Gasteiger partial charge in [0, 0.05) is 29.4 Å². The monoisotopic (exact) mass is 601 g/mol. The minimum absolute atomic E-state index is 0.0333. The minimum atomic E-state index is -4.53. The van der Waals surface area contributed by atoms with Gasteiger partial charge in [-0.1, -0.05) is 12.1 Å². The summed E-state index contributed by atoms with van der Waals surface area (Å²) in [6.45, 7) is -0.451. The lowest BCUT2D eigenvalue weighted by Gasteiger charge is -2.27. The van der Waals surface area contributed by atoms with Crippen LogP contribution in [0, 0.1) is 29.3 Å². The fourth-order valence-corrected chi connectivity index (χ4v) is 6.16. The maximum Gasteiger partial charge on any atom is 0.409 e. The number of hydrazine groups is 1. The third-order valence-corrected chi connectivity index (χ3v) is 8.05. The van der Waals surface area contributed by atoms with E-state index in [0.717, 1.165) is 24.6 Å². The molecular weight excluding hydrogens is 576 g/mol. The summed E-state index contributed by atoms with van der Waals surface area (Å²) in [6.07, 6.45) is -2.17. The molecule has 2 amide bonds. The summed E-state index contributed by atoms with van der Waals surface area (Å²) in [7, 11) is 0. The van der Waals surface area contributed by atoms with Crippen LogP contribution in [0.15, 0.2) is 66.0 Å². The second-order valence-corrected chi connectivity index (χ2v) is 11.0. The van der Waals surface area contributed by atoms with Crippen LogP contribution in [0.4, 0.5) is 26.3 Å². The van der Waals surface area contributed by atoms with Gasteiger partial charge in [0.25, 0.3) is 5.91 Å². The third-order valence-electron chi connectivity index (χ3n) is 8.05. The molecule has 0 spiro atoms. The van der Waals surface area contributed by atoms with Crippen LogP contribution < -0.4 is 16.5 Å². The first-order chi connectivity index (χ1) is 20.4. The fraction of sp³-hybridized carbons (Fsp3) is 0.300. The number of fused-ring (bicyclic) bond motifs is 2. The zero-order chi connectivity index (χ0) is 30.6. The number of aromatic nitrogens is 1. The molecule has 224 valence electrons. The van der Waals surface area contributed by atoms with Gasteiger partial charge >= 0.3 is 6.18 Å². The smallest absolute Gasteiger partial charge is 0.366 e. The minimum Gasteiger partial charge on any atom is -0.366 e. The first-order valence-electron chi connectivity index (χ1n) is 13.5. The van der Waals surface area contributed by atoms with Crippen molar-refractivity contribution in [2.75, 3.05) is 6.54 Å². The standard InChI is InChI=1S/C30H25F6N5O2/c31-17-6-14(7-18(32)12-17)8-24(26-19(2-1-5-38-26)15-3-4-23(33)21(9-15)29(37)43)39-25(42)13-41-27-20-10-16(20)11-22(27)28(40-41)30(34,35)36/h1-7,9,12,16,20,24,28,40H,8,10-11,13H2,(H2,37,43)(H,39,42)/t16-,20-,24-,28?/m0/s1. The Labute approximate surface area is 241 Å². The Bertz CT molecular complexity index is 1640. The van der Waals surface area contributed by atoms with E-state index in [1.54, 1.807) is 12.1 Å². The number of rotatable bonds is 8. The molecule has 2 aromatic carbocycles. The highest BCUT2D eigenvalue weighted by Crippen LogP contribution is 2.59. The van der Waals surface area contributed by atoms with Crippen LogP contribution in [0.25, 0.3) is 11.1 Å². The number of pyridine rings is 1. The number of amides is 2. The van der Waals surface area contributed by atoms with E-state index in [9.17, 15) is 35.9 Å². The molecule has 2 aliphatic carbocycles. The highest BCUT2D eigenvalue weighted by molar-refractivity contribution is 5.94. The van der Waals surface area contributed by atoms with Crippen molar-refractivity contribution in [2.45, 2.75) is 37.5 Å². The van der Waals surface area contributed by atoms with Crippen molar-refractivity contribution in [1.82, 2.24) is 20.7 Å². The van der Waals surface area contributed by atoms with Crippen LogP contribution in [-0.4, -0.2) is 40.6 Å². The summed E-state index contributed by atoms with van der Waals surface area (Å²) in [6, 6.07) is 6.81. The number of nitrogens with two attached hydrogens (primary N) is 1. The number of alkyl halides is 3. The van der Waals surface area contributed by atoms with Crippen LogP contribution in [-0.2, 0) is 11.2 Å². The number of primary amides is 1. The molecule has 1 fully saturated rings. The average Bonchev–Trinajstić information content (AvgIpc) is 3.43. The number of halogens is 6. The maximum atomic E-state index is 14.2. The van der Waals surface area contributed by atoms with E-state index in [4.69, 9.17) is 5.73 Å². The Balaban J connectivity index is 1.32. The lowest BCUT2D eigenvalue weighted by Crippen LogP contribution is -2.49. The first kappa shape index (κ1) is 28.7. The van der Waals surface area contributed by atoms with Gasteiger partial charge in [0.1, 0.15) is 30.0 Å². The van der Waals surface area contributed by atoms with E-state index in [1.807, 2.05) is 0 Å². The Morgan fingerprint density at radius 3 is 2.53 bits per heavy atom. The molecule has 6 rings (SSSR count).